The predicted octanol–water partition coefficient (Wildman–Crippen LogP) is 2.58. The van der Waals surface area contributed by atoms with Crippen molar-refractivity contribution >= 4 is 11.6 Å². The Kier molecular flexibility index (Phi) is 4.21. The van der Waals surface area contributed by atoms with Crippen molar-refractivity contribution in [3.8, 4) is 0 Å². The van der Waals surface area contributed by atoms with E-state index in [-0.39, 0.29) is 5.38 Å². The Hall–Kier alpha value is 0.0300. The van der Waals surface area contributed by atoms with Crippen LogP contribution in [0.4, 0.5) is 0 Å². The van der Waals surface area contributed by atoms with Crippen molar-refractivity contribution in [2.45, 2.75) is 25.6 Å². The molecule has 0 radical (unpaired) electrons. The van der Waals surface area contributed by atoms with Crippen LogP contribution in [-0.2, 0) is 0 Å². The molecule has 42 valence electrons. The minimum absolute atomic E-state index is 0.288. The van der Waals surface area contributed by atoms with Crippen LogP contribution in [0.3, 0.4) is 0 Å². The van der Waals surface area contributed by atoms with E-state index in [0.29, 0.717) is 0 Å². The van der Waals surface area contributed by atoms with Gasteiger partial charge in [0.15, 0.2) is 0 Å². The first-order valence-electron chi connectivity index (χ1n) is 2.52. The fraction of sp³-hybridized carbons (Fsp3) is 0.667. The number of hydrogen-bond acceptors (Lipinski definition) is 0. The Balaban J connectivity index is 2.97. The zero-order valence-corrected chi connectivity index (χ0v) is 5.57. The molecule has 0 saturated heterocycles. The Labute approximate surface area is 50.2 Å². The standard InChI is InChI=1S/C6H11Cl/c1-3-4-5-6(2)7/h3-4,6H,5H2,1-2H3. The fourth-order valence-corrected chi connectivity index (χ4v) is 0.426. The number of halogens is 1. The van der Waals surface area contributed by atoms with Gasteiger partial charge in [-0.1, -0.05) is 12.2 Å². The van der Waals surface area contributed by atoms with Gasteiger partial charge in [-0.2, -0.15) is 0 Å². The summed E-state index contributed by atoms with van der Waals surface area (Å²) in [7, 11) is 0. The molecule has 1 atom stereocenters. The zero-order chi connectivity index (χ0) is 5.70. The van der Waals surface area contributed by atoms with Crippen LogP contribution >= 0.6 is 11.6 Å². The van der Waals surface area contributed by atoms with E-state index in [1.165, 1.54) is 0 Å². The van der Waals surface area contributed by atoms with E-state index in [4.69, 9.17) is 11.6 Å². The Morgan fingerprint density at radius 1 is 1.71 bits per heavy atom. The molecule has 1 heteroatoms. The van der Waals surface area contributed by atoms with Gasteiger partial charge in [-0.05, 0) is 20.3 Å². The second-order valence-corrected chi connectivity index (χ2v) is 2.33. The van der Waals surface area contributed by atoms with Gasteiger partial charge in [0, 0.05) is 5.38 Å². The highest BCUT2D eigenvalue weighted by atomic mass is 35.5. The first-order chi connectivity index (χ1) is 3.27. The molecule has 0 rings (SSSR count). The maximum atomic E-state index is 5.61. The summed E-state index contributed by atoms with van der Waals surface area (Å²) in [5, 5.41) is 0.288. The molecule has 0 aliphatic rings. The number of rotatable bonds is 2. The van der Waals surface area contributed by atoms with Crippen LogP contribution < -0.4 is 0 Å². The average molecular weight is 119 g/mol. The lowest BCUT2D eigenvalue weighted by molar-refractivity contribution is 0.967. The van der Waals surface area contributed by atoms with Crippen molar-refractivity contribution in [3.05, 3.63) is 12.2 Å². The number of hydrogen-bond donors (Lipinski definition) is 0. The van der Waals surface area contributed by atoms with E-state index in [1.807, 2.05) is 19.9 Å². The van der Waals surface area contributed by atoms with Crippen LogP contribution in [0.5, 0.6) is 0 Å². The van der Waals surface area contributed by atoms with Crippen LogP contribution in [0.1, 0.15) is 20.3 Å². The maximum Gasteiger partial charge on any atom is 0.0342 e. The summed E-state index contributed by atoms with van der Waals surface area (Å²) in [6.45, 7) is 3.99. The van der Waals surface area contributed by atoms with Gasteiger partial charge in [0.2, 0.25) is 0 Å². The Bertz CT molecular complexity index is 55.2. The molecule has 0 spiro atoms. The van der Waals surface area contributed by atoms with Crippen LogP contribution in [0, 0.1) is 0 Å². The monoisotopic (exact) mass is 118 g/mol. The van der Waals surface area contributed by atoms with Crippen LogP contribution in [-0.4, -0.2) is 5.38 Å². The second-order valence-electron chi connectivity index (χ2n) is 1.59. The highest BCUT2D eigenvalue weighted by molar-refractivity contribution is 6.20. The topological polar surface area (TPSA) is 0 Å². The number of alkyl halides is 1. The van der Waals surface area contributed by atoms with Gasteiger partial charge in [-0.3, -0.25) is 0 Å². The summed E-state index contributed by atoms with van der Waals surface area (Å²) in [6, 6.07) is 0. The molecule has 0 fully saturated rings. The highest BCUT2D eigenvalue weighted by Gasteiger charge is 1.86. The largest absolute Gasteiger partial charge is 0.123 e. The third-order valence-electron chi connectivity index (χ3n) is 0.697. The van der Waals surface area contributed by atoms with Gasteiger partial charge in [-0.15, -0.1) is 11.6 Å². The van der Waals surface area contributed by atoms with Gasteiger partial charge >= 0.3 is 0 Å². The molecular weight excluding hydrogens is 108 g/mol. The molecule has 0 aliphatic heterocycles. The molecular formula is C6H11Cl. The summed E-state index contributed by atoms with van der Waals surface area (Å²) < 4.78 is 0. The zero-order valence-electron chi connectivity index (χ0n) is 4.82. The maximum absolute atomic E-state index is 5.61. The molecule has 0 N–H and O–H groups in total. The van der Waals surface area contributed by atoms with Gasteiger partial charge < -0.3 is 0 Å². The molecule has 0 saturated carbocycles. The van der Waals surface area contributed by atoms with Crippen molar-refractivity contribution in [2.75, 3.05) is 0 Å². The molecule has 0 aromatic heterocycles. The van der Waals surface area contributed by atoms with Crippen molar-refractivity contribution in [1.29, 1.82) is 0 Å². The summed E-state index contributed by atoms with van der Waals surface area (Å²) in [6.07, 6.45) is 5.06. The van der Waals surface area contributed by atoms with Crippen molar-refractivity contribution < 1.29 is 0 Å². The second kappa shape index (κ2) is 4.20. The van der Waals surface area contributed by atoms with Gasteiger partial charge in [0.05, 0.1) is 0 Å². The Morgan fingerprint density at radius 3 is 2.43 bits per heavy atom. The van der Waals surface area contributed by atoms with Crippen molar-refractivity contribution in [2.24, 2.45) is 0 Å². The van der Waals surface area contributed by atoms with E-state index in [2.05, 4.69) is 6.08 Å². The summed E-state index contributed by atoms with van der Waals surface area (Å²) in [5.74, 6) is 0. The van der Waals surface area contributed by atoms with Crippen LogP contribution in [0.25, 0.3) is 0 Å². The number of allylic oxidation sites excluding steroid dienone is 2. The minimum atomic E-state index is 0.288. The Morgan fingerprint density at radius 2 is 2.29 bits per heavy atom. The predicted molar refractivity (Wildman–Crippen MR) is 34.7 cm³/mol. The molecule has 7 heavy (non-hydrogen) atoms. The molecule has 0 aromatic carbocycles. The van der Waals surface area contributed by atoms with Crippen LogP contribution in [0.2, 0.25) is 0 Å². The molecule has 0 aromatic rings. The lowest BCUT2D eigenvalue weighted by Crippen LogP contribution is -1.83. The van der Waals surface area contributed by atoms with Crippen molar-refractivity contribution in [1.82, 2.24) is 0 Å². The normalized spacial score (nSPS) is 15.3. The SMILES string of the molecule is CC=CCC(C)Cl. The average Bonchev–Trinajstić information content (AvgIpc) is 1.61. The molecule has 0 amide bonds. The van der Waals surface area contributed by atoms with Crippen LogP contribution in [0.15, 0.2) is 12.2 Å². The highest BCUT2D eigenvalue weighted by Crippen LogP contribution is 1.99. The summed E-state index contributed by atoms with van der Waals surface area (Å²) in [5.41, 5.74) is 0. The van der Waals surface area contributed by atoms with E-state index in [0.717, 1.165) is 6.42 Å². The van der Waals surface area contributed by atoms with Gasteiger partial charge in [0.25, 0.3) is 0 Å². The van der Waals surface area contributed by atoms with Gasteiger partial charge in [-0.25, -0.2) is 0 Å². The molecule has 0 bridgehead atoms. The third-order valence-corrected chi connectivity index (χ3v) is 0.875. The third kappa shape index (κ3) is 6.03. The lowest BCUT2D eigenvalue weighted by atomic mass is 10.3. The first kappa shape index (κ1) is 7.03. The van der Waals surface area contributed by atoms with E-state index >= 15 is 0 Å². The van der Waals surface area contributed by atoms with E-state index in [1.54, 1.807) is 0 Å². The fourth-order valence-electron chi connectivity index (χ4n) is 0.324. The smallest absolute Gasteiger partial charge is 0.0342 e. The van der Waals surface area contributed by atoms with E-state index in [9.17, 15) is 0 Å². The quantitative estimate of drug-likeness (QED) is 0.386. The summed E-state index contributed by atoms with van der Waals surface area (Å²) >= 11 is 5.61. The van der Waals surface area contributed by atoms with Gasteiger partial charge in [0.1, 0.15) is 0 Å². The molecule has 1 unspecified atom stereocenters. The first-order valence-corrected chi connectivity index (χ1v) is 2.96. The summed E-state index contributed by atoms with van der Waals surface area (Å²) in [4.78, 5) is 0. The lowest BCUT2D eigenvalue weighted by Gasteiger charge is -1.91. The molecule has 0 nitrogen and oxygen atoms in total. The molecule has 0 aliphatic carbocycles. The molecule has 0 heterocycles. The van der Waals surface area contributed by atoms with Crippen molar-refractivity contribution in [3.63, 3.8) is 0 Å². The van der Waals surface area contributed by atoms with E-state index < -0.39 is 0 Å². The minimum Gasteiger partial charge on any atom is -0.123 e.